The van der Waals surface area contributed by atoms with E-state index in [-0.39, 0.29) is 17.2 Å². The van der Waals surface area contributed by atoms with E-state index in [1.54, 1.807) is 6.92 Å². The van der Waals surface area contributed by atoms with Gasteiger partial charge in [0.1, 0.15) is 11.6 Å². The van der Waals surface area contributed by atoms with Crippen LogP contribution in [0.25, 0.3) is 0 Å². The highest BCUT2D eigenvalue weighted by atomic mass is 32.2. The van der Waals surface area contributed by atoms with Crippen molar-refractivity contribution >= 4 is 23.5 Å². The van der Waals surface area contributed by atoms with Crippen LogP contribution >= 0.6 is 11.8 Å². The highest BCUT2D eigenvalue weighted by Crippen LogP contribution is 2.26. The summed E-state index contributed by atoms with van der Waals surface area (Å²) >= 11 is 1.52. The number of nitrogens with one attached hydrogen (secondary N) is 1. The number of thioether (sulfide) groups is 1. The first-order valence-corrected chi connectivity index (χ1v) is 8.81. The molecule has 24 heavy (non-hydrogen) atoms. The molecule has 0 bridgehead atoms. The molecule has 6 nitrogen and oxygen atoms in total. The van der Waals surface area contributed by atoms with Crippen LogP contribution in [0.5, 0.6) is 0 Å². The first kappa shape index (κ1) is 18.4. The van der Waals surface area contributed by atoms with Gasteiger partial charge in [-0.2, -0.15) is 0 Å². The normalized spacial score (nSPS) is 18.3. The fourth-order valence-electron chi connectivity index (χ4n) is 2.46. The number of benzene rings is 1. The van der Waals surface area contributed by atoms with E-state index in [2.05, 4.69) is 5.32 Å². The number of carbonyl (C=O) groups is 2. The van der Waals surface area contributed by atoms with Gasteiger partial charge in [0.2, 0.25) is 5.91 Å². The van der Waals surface area contributed by atoms with E-state index in [1.165, 1.54) is 11.8 Å². The summed E-state index contributed by atoms with van der Waals surface area (Å²) in [7, 11) is 3.80. The first-order chi connectivity index (χ1) is 11.4. The van der Waals surface area contributed by atoms with Crippen molar-refractivity contribution in [3.63, 3.8) is 0 Å². The minimum absolute atomic E-state index is 0.0189. The molecule has 1 aliphatic heterocycles. The highest BCUT2D eigenvalue weighted by molar-refractivity contribution is 8.00. The average molecular weight is 348 g/mol. The molecule has 1 aromatic carbocycles. The zero-order valence-electron chi connectivity index (χ0n) is 14.2. The Labute approximate surface area is 147 Å². The molecule has 1 unspecified atom stereocenters. The summed E-state index contributed by atoms with van der Waals surface area (Å²) in [4.78, 5) is 27.4. The number of nitrogens with zero attached hydrogens (tertiary/aromatic N) is 2. The molecule has 3 N–H and O–H groups in total. The van der Waals surface area contributed by atoms with Crippen molar-refractivity contribution in [3.8, 4) is 0 Å². The summed E-state index contributed by atoms with van der Waals surface area (Å²) in [6.07, 6.45) is 2.34. The minimum atomic E-state index is -0.615. The Morgan fingerprint density at radius 2 is 1.96 bits per heavy atom. The third kappa shape index (κ3) is 4.75. The van der Waals surface area contributed by atoms with Gasteiger partial charge in [0.25, 0.3) is 0 Å². The SMILES string of the molecule is CC(=O)CSC1N(C)C=C(NC(=O)[C@@H](N)Cc2ccccc2)N1C. The molecule has 130 valence electrons. The molecule has 0 radical (unpaired) electrons. The molecule has 0 fully saturated rings. The van der Waals surface area contributed by atoms with Crippen molar-refractivity contribution in [2.24, 2.45) is 5.73 Å². The van der Waals surface area contributed by atoms with Crippen molar-refractivity contribution in [2.45, 2.75) is 24.9 Å². The van der Waals surface area contributed by atoms with Crippen LogP contribution in [0.15, 0.2) is 42.4 Å². The van der Waals surface area contributed by atoms with Gasteiger partial charge in [-0.15, -0.1) is 11.8 Å². The number of carbonyl (C=O) groups excluding carboxylic acids is 2. The fraction of sp³-hybridized carbons (Fsp3) is 0.412. The number of rotatable bonds is 7. The maximum atomic E-state index is 12.3. The standard InChI is InChI=1S/C17H24N4O2S/c1-12(22)11-24-17-20(2)10-15(21(17)3)19-16(23)14(18)9-13-7-5-4-6-8-13/h4-8,10,14,17H,9,11,18H2,1-3H3,(H,19,23)/t14-,17?/m0/s1. The van der Waals surface area contributed by atoms with Crippen LogP contribution < -0.4 is 11.1 Å². The lowest BCUT2D eigenvalue weighted by molar-refractivity contribution is -0.122. The topological polar surface area (TPSA) is 78.7 Å². The zero-order chi connectivity index (χ0) is 17.7. The summed E-state index contributed by atoms with van der Waals surface area (Å²) in [5, 5.41) is 2.88. The van der Waals surface area contributed by atoms with E-state index in [0.717, 1.165) is 5.56 Å². The van der Waals surface area contributed by atoms with Crippen LogP contribution in [0.1, 0.15) is 12.5 Å². The molecule has 2 rings (SSSR count). The molecule has 1 aliphatic rings. The Hall–Kier alpha value is -1.99. The van der Waals surface area contributed by atoms with E-state index in [0.29, 0.717) is 18.0 Å². The van der Waals surface area contributed by atoms with Crippen LogP contribution in [-0.4, -0.2) is 52.9 Å². The Bertz CT molecular complexity index is 620. The smallest absolute Gasteiger partial charge is 0.242 e. The van der Waals surface area contributed by atoms with E-state index >= 15 is 0 Å². The number of nitrogens with two attached hydrogens (primary N) is 1. The molecule has 0 saturated heterocycles. The van der Waals surface area contributed by atoms with Gasteiger partial charge in [0.15, 0.2) is 5.50 Å². The second-order valence-electron chi connectivity index (χ2n) is 5.92. The number of amides is 1. The van der Waals surface area contributed by atoms with Gasteiger partial charge in [-0.25, -0.2) is 0 Å². The Morgan fingerprint density at radius 3 is 2.58 bits per heavy atom. The summed E-state index contributed by atoms with van der Waals surface area (Å²) in [6, 6.07) is 9.09. The second-order valence-corrected chi connectivity index (χ2v) is 6.96. The predicted molar refractivity (Wildman–Crippen MR) is 96.8 cm³/mol. The number of ketones is 1. The molecular formula is C17H24N4O2S. The predicted octanol–water partition coefficient (Wildman–Crippen LogP) is 0.955. The largest absolute Gasteiger partial charge is 0.349 e. The third-order valence-corrected chi connectivity index (χ3v) is 5.23. The van der Waals surface area contributed by atoms with E-state index < -0.39 is 6.04 Å². The third-order valence-electron chi connectivity index (χ3n) is 3.71. The van der Waals surface area contributed by atoms with Crippen molar-refractivity contribution in [2.75, 3.05) is 19.8 Å². The summed E-state index contributed by atoms with van der Waals surface area (Å²) in [5.41, 5.74) is 7.03. The van der Waals surface area contributed by atoms with Gasteiger partial charge < -0.3 is 20.9 Å². The van der Waals surface area contributed by atoms with Crippen molar-refractivity contribution in [1.82, 2.24) is 15.1 Å². The van der Waals surface area contributed by atoms with Crippen LogP contribution in [0.2, 0.25) is 0 Å². The van der Waals surface area contributed by atoms with Gasteiger partial charge in [0, 0.05) is 20.3 Å². The highest BCUT2D eigenvalue weighted by Gasteiger charge is 2.29. The van der Waals surface area contributed by atoms with Crippen molar-refractivity contribution in [1.29, 1.82) is 0 Å². The first-order valence-electron chi connectivity index (χ1n) is 7.76. The maximum absolute atomic E-state index is 12.3. The quantitative estimate of drug-likeness (QED) is 0.764. The molecule has 0 saturated carbocycles. The van der Waals surface area contributed by atoms with Crippen LogP contribution in [0, 0.1) is 0 Å². The lowest BCUT2D eigenvalue weighted by Gasteiger charge is -2.28. The molecule has 0 aromatic heterocycles. The number of hydrogen-bond donors (Lipinski definition) is 2. The zero-order valence-corrected chi connectivity index (χ0v) is 15.0. The summed E-state index contributed by atoms with van der Waals surface area (Å²) in [6.45, 7) is 1.57. The Kier molecular flexibility index (Phi) is 6.28. The molecule has 0 spiro atoms. The number of hydrogen-bond acceptors (Lipinski definition) is 6. The Balaban J connectivity index is 1.91. The lowest BCUT2D eigenvalue weighted by atomic mass is 10.1. The van der Waals surface area contributed by atoms with E-state index in [9.17, 15) is 9.59 Å². The van der Waals surface area contributed by atoms with Gasteiger partial charge in [-0.3, -0.25) is 9.59 Å². The molecule has 2 atom stereocenters. The van der Waals surface area contributed by atoms with Crippen LogP contribution in [0.3, 0.4) is 0 Å². The number of Topliss-reactive ketones (excluding diaryl/α,β-unsaturated/α-hetero) is 1. The lowest BCUT2D eigenvalue weighted by Crippen LogP contribution is -2.44. The Morgan fingerprint density at radius 1 is 1.29 bits per heavy atom. The van der Waals surface area contributed by atoms with E-state index in [4.69, 9.17) is 5.73 Å². The van der Waals surface area contributed by atoms with Crippen LogP contribution in [0.4, 0.5) is 0 Å². The minimum Gasteiger partial charge on any atom is -0.349 e. The van der Waals surface area contributed by atoms with Crippen LogP contribution in [-0.2, 0) is 16.0 Å². The maximum Gasteiger partial charge on any atom is 0.242 e. The monoisotopic (exact) mass is 348 g/mol. The molecule has 1 heterocycles. The van der Waals surface area contributed by atoms with Gasteiger partial charge >= 0.3 is 0 Å². The van der Waals surface area contributed by atoms with E-state index in [1.807, 2.05) is 60.4 Å². The second kappa shape index (κ2) is 8.21. The van der Waals surface area contributed by atoms with Gasteiger partial charge in [-0.05, 0) is 18.9 Å². The summed E-state index contributed by atoms with van der Waals surface area (Å²) < 4.78 is 0. The average Bonchev–Trinajstić information content (AvgIpc) is 2.80. The molecule has 7 heteroatoms. The van der Waals surface area contributed by atoms with Gasteiger partial charge in [-0.1, -0.05) is 30.3 Å². The fourth-order valence-corrected chi connectivity index (χ4v) is 3.48. The van der Waals surface area contributed by atoms with Gasteiger partial charge in [0.05, 0.1) is 11.8 Å². The molecule has 0 aliphatic carbocycles. The molecular weight excluding hydrogens is 324 g/mol. The summed E-state index contributed by atoms with van der Waals surface area (Å²) in [5.74, 6) is 1.03. The van der Waals surface area contributed by atoms with Crippen molar-refractivity contribution in [3.05, 3.63) is 47.9 Å². The molecule has 1 aromatic rings. The van der Waals surface area contributed by atoms with Crippen molar-refractivity contribution < 1.29 is 9.59 Å². The molecule has 1 amide bonds.